The summed E-state index contributed by atoms with van der Waals surface area (Å²) in [5.74, 6) is -1.37. The maximum absolute atomic E-state index is 15.7. The van der Waals surface area contributed by atoms with E-state index >= 15 is 4.39 Å². The predicted octanol–water partition coefficient (Wildman–Crippen LogP) is 5.55. The van der Waals surface area contributed by atoms with Crippen molar-refractivity contribution in [1.82, 2.24) is 60.2 Å². The molecular weight excluding hydrogens is 966 g/mol. The monoisotopic (exact) mass is 1030 g/mol. The third-order valence-corrected chi connectivity index (χ3v) is 14.9. The van der Waals surface area contributed by atoms with Crippen LogP contribution < -0.4 is 21.3 Å². The van der Waals surface area contributed by atoms with Gasteiger partial charge in [-0.2, -0.15) is 5.10 Å². The molecule has 6 heterocycles. The Hall–Kier alpha value is -7.10. The van der Waals surface area contributed by atoms with Crippen LogP contribution in [0, 0.1) is 18.2 Å². The van der Waals surface area contributed by atoms with Gasteiger partial charge in [-0.15, -0.1) is 11.3 Å². The van der Waals surface area contributed by atoms with Crippen LogP contribution in [0.15, 0.2) is 72.8 Å². The third kappa shape index (κ3) is 12.3. The first-order valence-electron chi connectivity index (χ1n) is 25.4. The fourth-order valence-electron chi connectivity index (χ4n) is 9.53. The van der Waals surface area contributed by atoms with Gasteiger partial charge in [0.15, 0.2) is 11.5 Å². The lowest BCUT2D eigenvalue weighted by Crippen LogP contribution is -2.57. The largest absolute Gasteiger partial charge is 0.391 e. The Bertz CT molecular complexity index is 2980. The highest BCUT2D eigenvalue weighted by molar-refractivity contribution is 7.13. The Morgan fingerprint density at radius 1 is 0.932 bits per heavy atom. The molecule has 3 fully saturated rings. The molecule has 9 rings (SSSR count). The number of amides is 5. The molecule has 6 aromatic rings. The molecule has 1 aliphatic carbocycles. The highest BCUT2D eigenvalue weighted by atomic mass is 32.1. The lowest BCUT2D eigenvalue weighted by Gasteiger charge is -2.35. The molecule has 0 bridgehead atoms. The second kappa shape index (κ2) is 22.6. The van der Waals surface area contributed by atoms with Gasteiger partial charge in [0.2, 0.25) is 23.6 Å². The fourth-order valence-corrected chi connectivity index (χ4v) is 10.3. The molecule has 3 atom stereocenters. The van der Waals surface area contributed by atoms with Crippen molar-refractivity contribution in [3.05, 3.63) is 101 Å². The number of aliphatic hydroxyl groups is 1. The summed E-state index contributed by atoms with van der Waals surface area (Å²) in [5.41, 5.74) is 7.56. The number of likely N-dealkylation sites (tertiary alicyclic amines) is 1. The summed E-state index contributed by atoms with van der Waals surface area (Å²) in [6.07, 6.45) is 9.73. The van der Waals surface area contributed by atoms with Gasteiger partial charge in [-0.1, -0.05) is 45.0 Å². The Kier molecular flexibility index (Phi) is 15.8. The quantitative estimate of drug-likeness (QED) is 0.0548. The summed E-state index contributed by atoms with van der Waals surface area (Å²) >= 11 is 1.57. The number of unbranched alkanes of at least 4 members (excludes halogenated alkanes) is 1. The number of aromatic amines is 1. The summed E-state index contributed by atoms with van der Waals surface area (Å²) in [5, 5.41) is 29.4. The Balaban J connectivity index is 0.674. The number of aliphatic hydroxyl groups excluding tert-OH is 1. The van der Waals surface area contributed by atoms with E-state index in [2.05, 4.69) is 46.3 Å². The number of anilines is 2. The molecule has 3 aliphatic rings. The van der Waals surface area contributed by atoms with Crippen molar-refractivity contribution in [2.24, 2.45) is 5.41 Å². The third-order valence-electron chi connectivity index (χ3n) is 13.9. The van der Waals surface area contributed by atoms with Gasteiger partial charge in [-0.3, -0.25) is 38.4 Å². The smallest absolute Gasteiger partial charge is 0.254 e. The van der Waals surface area contributed by atoms with E-state index in [1.54, 1.807) is 47.0 Å². The molecule has 2 aromatic carbocycles. The molecular formula is C53H64FN13O6S. The first-order chi connectivity index (χ1) is 35.6. The van der Waals surface area contributed by atoms with Crippen molar-refractivity contribution in [2.45, 2.75) is 103 Å². The van der Waals surface area contributed by atoms with Gasteiger partial charge in [0.25, 0.3) is 5.91 Å². The number of nitrogens with one attached hydrogen (secondary N) is 5. The lowest BCUT2D eigenvalue weighted by molar-refractivity contribution is -0.144. The number of hydrogen-bond acceptors (Lipinski definition) is 13. The van der Waals surface area contributed by atoms with E-state index in [9.17, 15) is 29.1 Å². The minimum Gasteiger partial charge on any atom is -0.391 e. The minimum absolute atomic E-state index is 0.0221. The lowest BCUT2D eigenvalue weighted by atomic mass is 9.85. The van der Waals surface area contributed by atoms with E-state index in [0.717, 1.165) is 51.5 Å². The van der Waals surface area contributed by atoms with Crippen LogP contribution >= 0.6 is 11.3 Å². The second-order valence-corrected chi connectivity index (χ2v) is 21.4. The number of aromatic nitrogens is 6. The van der Waals surface area contributed by atoms with Crippen molar-refractivity contribution in [3.8, 4) is 21.7 Å². The summed E-state index contributed by atoms with van der Waals surface area (Å²) < 4.78 is 17.6. The summed E-state index contributed by atoms with van der Waals surface area (Å²) in [4.78, 5) is 87.0. The number of carbonyl (C=O) groups is 5. The molecule has 0 radical (unpaired) electrons. The molecule has 21 heteroatoms. The molecule has 1 saturated carbocycles. The van der Waals surface area contributed by atoms with Crippen LogP contribution in [0.5, 0.6) is 0 Å². The van der Waals surface area contributed by atoms with Crippen LogP contribution in [0.2, 0.25) is 0 Å². The van der Waals surface area contributed by atoms with E-state index in [-0.39, 0.29) is 67.2 Å². The van der Waals surface area contributed by atoms with Gasteiger partial charge >= 0.3 is 0 Å². The molecule has 2 saturated heterocycles. The summed E-state index contributed by atoms with van der Waals surface area (Å²) in [6, 6.07) is 10.4. The van der Waals surface area contributed by atoms with E-state index in [1.165, 1.54) is 11.0 Å². The molecule has 2 aliphatic heterocycles. The number of imidazole rings is 1. The van der Waals surface area contributed by atoms with Crippen LogP contribution in [-0.2, 0) is 25.7 Å². The van der Waals surface area contributed by atoms with Gasteiger partial charge in [-0.05, 0) is 67.3 Å². The molecule has 19 nitrogen and oxygen atoms in total. The molecule has 74 heavy (non-hydrogen) atoms. The van der Waals surface area contributed by atoms with Crippen LogP contribution in [-0.4, -0.2) is 143 Å². The van der Waals surface area contributed by atoms with E-state index in [4.69, 9.17) is 4.98 Å². The van der Waals surface area contributed by atoms with Crippen LogP contribution in [0.3, 0.4) is 0 Å². The normalized spacial score (nSPS) is 17.6. The minimum atomic E-state index is -0.948. The molecule has 0 spiro atoms. The zero-order valence-corrected chi connectivity index (χ0v) is 43.0. The SMILES string of the molecule is Cc1ncsc1-c1ccc(CNC(=O)[C@@H]2C[C@@H](O)CN2C(=O)[C@@H](NC(=O)CCCCC(=O)NCCN2CCN(C(=O)c3ccc(Nc4nc(C5CC5)cn5c(-c6cn[nH]c6)cnc45)c(F)c3)CC2)C(C)(C)C)cc1. The van der Waals surface area contributed by atoms with Gasteiger partial charge in [0.05, 0.1) is 51.7 Å². The van der Waals surface area contributed by atoms with Crippen molar-refractivity contribution < 1.29 is 33.5 Å². The van der Waals surface area contributed by atoms with Gasteiger partial charge in [0.1, 0.15) is 17.9 Å². The van der Waals surface area contributed by atoms with Crippen LogP contribution in [0.1, 0.15) is 98.9 Å². The zero-order valence-electron chi connectivity index (χ0n) is 42.2. The average molecular weight is 1030 g/mol. The Morgan fingerprint density at radius 3 is 2.36 bits per heavy atom. The first-order valence-corrected chi connectivity index (χ1v) is 26.2. The number of fused-ring (bicyclic) bond motifs is 1. The number of benzene rings is 2. The summed E-state index contributed by atoms with van der Waals surface area (Å²) in [6.45, 7) is 10.8. The number of aryl methyl sites for hydroxylation is 1. The Morgan fingerprint density at radius 2 is 1.69 bits per heavy atom. The van der Waals surface area contributed by atoms with Crippen molar-refractivity contribution >= 4 is 58.0 Å². The number of thiazole rings is 1. The first kappa shape index (κ1) is 51.8. The molecule has 6 N–H and O–H groups in total. The van der Waals surface area contributed by atoms with E-state index in [0.29, 0.717) is 69.5 Å². The van der Waals surface area contributed by atoms with Crippen LogP contribution in [0.4, 0.5) is 15.9 Å². The highest BCUT2D eigenvalue weighted by Gasteiger charge is 2.44. The molecule has 390 valence electrons. The number of halogens is 1. The fraction of sp³-hybridized carbons (Fsp3) is 0.453. The number of rotatable bonds is 19. The second-order valence-electron chi connectivity index (χ2n) is 20.6. The maximum atomic E-state index is 15.7. The number of nitrogens with zero attached hydrogens (tertiary/aromatic N) is 8. The van der Waals surface area contributed by atoms with Crippen LogP contribution in [0.25, 0.3) is 27.3 Å². The number of β-amino-alcohol motifs (C(OH)–C–C–N with tert-alkyl or cyclic N) is 1. The van der Waals surface area contributed by atoms with Crippen molar-refractivity contribution in [1.29, 1.82) is 0 Å². The number of carbonyl (C=O) groups excluding carboxylic acids is 5. The number of hydrogen-bond donors (Lipinski definition) is 6. The van der Waals surface area contributed by atoms with Crippen molar-refractivity contribution in [2.75, 3.05) is 51.1 Å². The predicted molar refractivity (Wildman–Crippen MR) is 278 cm³/mol. The molecule has 0 unspecified atom stereocenters. The number of H-pyrrole nitrogens is 1. The van der Waals surface area contributed by atoms with Gasteiger partial charge in [-0.25, -0.2) is 19.3 Å². The summed E-state index contributed by atoms with van der Waals surface area (Å²) in [7, 11) is 0. The zero-order chi connectivity index (χ0) is 52.1. The topological polar surface area (TPSA) is 235 Å². The molecule has 5 amide bonds. The van der Waals surface area contributed by atoms with E-state index in [1.807, 2.05) is 68.1 Å². The Labute approximate surface area is 432 Å². The number of piperazine rings is 1. The van der Waals surface area contributed by atoms with E-state index < -0.39 is 35.3 Å². The highest BCUT2D eigenvalue weighted by Crippen LogP contribution is 2.41. The average Bonchev–Trinajstić information content (AvgIpc) is 3.70. The standard InChI is InChI=1S/C53H64FN13O6S/c1-32-46(74-31-58-32)35-11-9-33(10-12-35)25-57-50(71)42-24-38(68)29-67(42)52(73)47(53(2,3)4)63-45(70)8-6-5-7-44(69)55-17-18-64-19-21-65(22-20-64)51(72)36-15-16-40(39(54)23-36)61-48-49-56-28-43(37-26-59-60-27-37)66(49)30-41(62-48)34-13-14-34/h9-12,15-16,23,26-28,30-31,34,38,42,47,68H,5-8,13-14,17-22,24-25,29H2,1-4H3,(H,55,69)(H,57,71)(H,59,60)(H,61,62)(H,63,70)/t38-,42+,47-/m1/s1. The van der Waals surface area contributed by atoms with Gasteiger partial charge < -0.3 is 36.2 Å². The van der Waals surface area contributed by atoms with Gasteiger partial charge in [0, 0.05) is 101 Å². The maximum Gasteiger partial charge on any atom is 0.254 e. The van der Waals surface area contributed by atoms with Crippen molar-refractivity contribution in [3.63, 3.8) is 0 Å². The molecule has 4 aromatic heterocycles.